The maximum atomic E-state index is 15.0. The minimum atomic E-state index is -4.68. The van der Waals surface area contributed by atoms with Gasteiger partial charge in [-0.1, -0.05) is 43.2 Å². The van der Waals surface area contributed by atoms with Crippen LogP contribution in [0.1, 0.15) is 95.5 Å². The Balaban J connectivity index is 1.15. The molecule has 1 aromatic carbocycles. The number of nitrogens with one attached hydrogen (secondary N) is 3. The topological polar surface area (TPSA) is 249 Å². The first-order valence-corrected chi connectivity index (χ1v) is 25.6. The van der Waals surface area contributed by atoms with Gasteiger partial charge in [0.25, 0.3) is 5.91 Å². The molecule has 20 heteroatoms. The summed E-state index contributed by atoms with van der Waals surface area (Å²) in [6.45, 7) is 3.51. The molecule has 4 aliphatic carbocycles. The largest absolute Gasteiger partial charge is 0.492 e. The molecule has 2 bridgehead atoms. The van der Waals surface area contributed by atoms with Gasteiger partial charge in [-0.3, -0.25) is 23.6 Å². The third-order valence-corrected chi connectivity index (χ3v) is 15.9. The van der Waals surface area contributed by atoms with E-state index in [-0.39, 0.29) is 62.8 Å². The van der Waals surface area contributed by atoms with E-state index in [0.717, 1.165) is 32.1 Å². The van der Waals surface area contributed by atoms with Crippen molar-refractivity contribution in [1.82, 2.24) is 25.2 Å². The fraction of sp³-hybridized carbons (Fsp3) is 0.614. The first-order chi connectivity index (χ1) is 30.7. The number of phosphoric acid groups is 1. The zero-order valence-electron chi connectivity index (χ0n) is 35.7. The van der Waals surface area contributed by atoms with Gasteiger partial charge in [0.1, 0.15) is 35.6 Å². The van der Waals surface area contributed by atoms with Crippen molar-refractivity contribution in [2.75, 3.05) is 19.8 Å². The summed E-state index contributed by atoms with van der Waals surface area (Å²) >= 11 is 0. The van der Waals surface area contributed by atoms with E-state index in [0.29, 0.717) is 67.2 Å². The fourth-order valence-electron chi connectivity index (χ4n) is 9.88. The molecule has 1 aromatic heterocycles. The zero-order chi connectivity index (χ0) is 45.2. The first kappa shape index (κ1) is 46.0. The van der Waals surface area contributed by atoms with Crippen LogP contribution in [0.2, 0.25) is 0 Å². The number of nitrogens with zero attached hydrogens (tertiary/aromatic N) is 2. The average molecular weight is 928 g/mol. The highest BCUT2D eigenvalue weighted by Crippen LogP contribution is 2.46. The number of aromatic nitrogens is 1. The van der Waals surface area contributed by atoms with Gasteiger partial charge < -0.3 is 39.5 Å². The highest BCUT2D eigenvalue weighted by atomic mass is 32.2. The van der Waals surface area contributed by atoms with Gasteiger partial charge in [0.15, 0.2) is 0 Å². The van der Waals surface area contributed by atoms with Gasteiger partial charge in [-0.25, -0.2) is 22.8 Å². The molecule has 3 heterocycles. The lowest BCUT2D eigenvalue weighted by Gasteiger charge is -2.32. The van der Waals surface area contributed by atoms with Crippen molar-refractivity contribution in [2.24, 2.45) is 17.8 Å². The summed E-state index contributed by atoms with van der Waals surface area (Å²) in [5, 5.41) is 5.75. The number of pyridine rings is 1. The second-order valence-electron chi connectivity index (χ2n) is 18.0. The van der Waals surface area contributed by atoms with Crippen LogP contribution in [0.5, 0.6) is 11.6 Å². The highest BCUT2D eigenvalue weighted by molar-refractivity contribution is 7.91. The number of alkyl carbamates (subject to hydrolysis) is 1. The van der Waals surface area contributed by atoms with Crippen LogP contribution >= 0.6 is 7.82 Å². The van der Waals surface area contributed by atoms with E-state index in [1.165, 1.54) is 11.0 Å². The predicted molar refractivity (Wildman–Crippen MR) is 232 cm³/mol. The van der Waals surface area contributed by atoms with Crippen LogP contribution < -0.4 is 24.8 Å². The van der Waals surface area contributed by atoms with Gasteiger partial charge >= 0.3 is 13.9 Å². The molecule has 7 atom stereocenters. The Kier molecular flexibility index (Phi) is 13.7. The maximum absolute atomic E-state index is 15.0. The van der Waals surface area contributed by atoms with Crippen LogP contribution in [0.25, 0.3) is 10.9 Å². The van der Waals surface area contributed by atoms with Crippen molar-refractivity contribution in [3.8, 4) is 11.6 Å². The third kappa shape index (κ3) is 10.4. The molecule has 1 saturated heterocycles. The van der Waals surface area contributed by atoms with Gasteiger partial charge in [-0.15, -0.1) is 6.58 Å². The molecular weight excluding hydrogens is 870 g/mol. The van der Waals surface area contributed by atoms with Crippen LogP contribution in [0.4, 0.5) is 4.79 Å². The molecular formula is C44H58N5O13PS. The van der Waals surface area contributed by atoms with Crippen LogP contribution in [-0.4, -0.2) is 107 Å². The molecule has 5 N–H and O–H groups in total. The van der Waals surface area contributed by atoms with Gasteiger partial charge in [0, 0.05) is 24.1 Å². The Hall–Kier alpha value is -4.55. The number of hydrogen-bond donors (Lipinski definition) is 5. The molecule has 6 aliphatic rings. The molecule has 7 unspecified atom stereocenters. The lowest BCUT2D eigenvalue weighted by atomic mass is 9.96. The van der Waals surface area contributed by atoms with Gasteiger partial charge in [-0.2, -0.15) is 0 Å². The number of carbonyl (C=O) groups excluding carboxylic acids is 4. The smallest absolute Gasteiger partial charge is 0.469 e. The van der Waals surface area contributed by atoms with Gasteiger partial charge in [-0.05, 0) is 94.6 Å². The minimum absolute atomic E-state index is 0.0401. The second kappa shape index (κ2) is 19.1. The van der Waals surface area contributed by atoms with Gasteiger partial charge in [0.2, 0.25) is 27.7 Å². The van der Waals surface area contributed by atoms with E-state index in [1.54, 1.807) is 6.07 Å². The van der Waals surface area contributed by atoms with Crippen molar-refractivity contribution in [3.63, 3.8) is 0 Å². The van der Waals surface area contributed by atoms with E-state index in [2.05, 4.69) is 32.5 Å². The predicted octanol–water partition coefficient (Wildman–Crippen LogP) is 4.48. The number of fused-ring (bicyclic) bond motifs is 5. The summed E-state index contributed by atoms with van der Waals surface area (Å²) in [6.07, 6.45) is 12.1. The molecule has 348 valence electrons. The lowest BCUT2D eigenvalue weighted by Crippen LogP contribution is -2.59. The lowest BCUT2D eigenvalue weighted by molar-refractivity contribution is -0.142. The number of carbonyl (C=O) groups is 4. The first-order valence-electron chi connectivity index (χ1n) is 22.5. The van der Waals surface area contributed by atoms with Crippen molar-refractivity contribution in [1.29, 1.82) is 0 Å². The molecule has 4 saturated carbocycles. The van der Waals surface area contributed by atoms with Crippen LogP contribution in [-0.2, 0) is 44.7 Å². The summed E-state index contributed by atoms with van der Waals surface area (Å²) < 4.78 is 63.1. The average Bonchev–Trinajstić information content (AvgIpc) is 4.04. The third-order valence-electron chi connectivity index (χ3n) is 13.5. The van der Waals surface area contributed by atoms with Crippen molar-refractivity contribution in [2.45, 2.75) is 131 Å². The number of rotatable bonds is 13. The van der Waals surface area contributed by atoms with E-state index in [9.17, 15) is 37.2 Å². The minimum Gasteiger partial charge on any atom is -0.492 e. The van der Waals surface area contributed by atoms with Crippen LogP contribution in [0, 0.1) is 17.8 Å². The van der Waals surface area contributed by atoms with E-state index in [1.807, 2.05) is 24.3 Å². The summed E-state index contributed by atoms with van der Waals surface area (Å²) in [5.41, 5.74) is -0.494. The molecule has 8 rings (SSSR count). The van der Waals surface area contributed by atoms with Crippen molar-refractivity contribution < 1.29 is 60.7 Å². The molecule has 18 nitrogen and oxygen atoms in total. The van der Waals surface area contributed by atoms with Crippen LogP contribution in [0.15, 0.2) is 49.1 Å². The van der Waals surface area contributed by atoms with Crippen molar-refractivity contribution in [3.05, 3.63) is 54.6 Å². The summed E-state index contributed by atoms with van der Waals surface area (Å²) in [5.74, 6) is -2.08. The number of allylic oxidation sites excluding steroid dienone is 2. The number of benzene rings is 1. The quantitative estimate of drug-likeness (QED) is 0.106. The Labute approximate surface area is 372 Å². The Morgan fingerprint density at radius 2 is 1.78 bits per heavy atom. The van der Waals surface area contributed by atoms with E-state index >= 15 is 4.79 Å². The second-order valence-corrected chi connectivity index (χ2v) is 21.2. The fourth-order valence-corrected chi connectivity index (χ4v) is 11.6. The monoisotopic (exact) mass is 927 g/mol. The molecule has 4 amide bonds. The van der Waals surface area contributed by atoms with Crippen LogP contribution in [0.3, 0.4) is 0 Å². The summed E-state index contributed by atoms with van der Waals surface area (Å²) in [7, 11) is -8.63. The SMILES string of the molecule is C=CC1CC1(NC(=O)C1CC2CN1C(=O)C(C1CCCC1)NC(=O)OC1CCCC1CCC=CCc1c(nc3ccccc3c1OCCCOP(=O)(O)O)O2)C(=O)NS(=O)(=O)C1CC1. The van der Waals surface area contributed by atoms with Crippen molar-refractivity contribution >= 4 is 52.6 Å². The number of phosphoric ester groups is 1. The number of sulfonamides is 1. The number of para-hydroxylation sites is 1. The van der Waals surface area contributed by atoms with Gasteiger partial charge in [0.05, 0.1) is 36.1 Å². The normalized spacial score (nSPS) is 29.1. The Morgan fingerprint density at radius 1 is 1.02 bits per heavy atom. The Bertz CT molecular complexity index is 2310. The molecule has 0 radical (unpaired) electrons. The summed E-state index contributed by atoms with van der Waals surface area (Å²) in [4.78, 5) is 81.8. The molecule has 0 spiro atoms. The highest BCUT2D eigenvalue weighted by Gasteiger charge is 2.62. The molecule has 64 heavy (non-hydrogen) atoms. The number of hydrogen-bond acceptors (Lipinski definition) is 12. The van der Waals surface area contributed by atoms with E-state index in [4.69, 9.17) is 19.2 Å². The number of ether oxygens (including phenoxy) is 3. The molecule has 2 aromatic rings. The number of amides is 4. The summed E-state index contributed by atoms with van der Waals surface area (Å²) in [6, 6.07) is 5.07. The van der Waals surface area contributed by atoms with E-state index < -0.39 is 76.6 Å². The molecule has 5 fully saturated rings. The zero-order valence-corrected chi connectivity index (χ0v) is 37.4. The molecule has 2 aliphatic heterocycles. The Morgan fingerprint density at radius 3 is 2.52 bits per heavy atom. The standard InChI is InChI=1S/C44H58N5O13PS/c1-2-29-25-44(29,42(52)48-64(57,58)31-20-21-31)47-39(50)35-24-30-26-49(35)41(51)37(28-13-6-7-14-28)46-43(53)62-36-19-10-15-27(36)12-4-3-5-17-33-38(59-22-11-23-60-63(54,55)56)32-16-8-9-18-34(32)45-40(33)61-30/h2-3,5,8-9,16,18,27-31,35-37H,1,4,6-7,10-15,17,19-26H2,(H,46,53)(H,47,50)(H,48,52)(H2,54,55,56). The maximum Gasteiger partial charge on any atom is 0.469 e.